The zero-order valence-electron chi connectivity index (χ0n) is 14.3. The van der Waals surface area contributed by atoms with Gasteiger partial charge in [0.2, 0.25) is 0 Å². The van der Waals surface area contributed by atoms with E-state index in [1.54, 1.807) is 0 Å². The van der Waals surface area contributed by atoms with Gasteiger partial charge in [-0.2, -0.15) is 0 Å². The summed E-state index contributed by atoms with van der Waals surface area (Å²) >= 11 is 0. The van der Waals surface area contributed by atoms with Gasteiger partial charge in [-0.25, -0.2) is 9.59 Å². The monoisotopic (exact) mass is 302 g/mol. The van der Waals surface area contributed by atoms with Crippen molar-refractivity contribution in [3.05, 3.63) is 24.3 Å². The first-order valence-corrected chi connectivity index (χ1v) is 5.05. The summed E-state index contributed by atoms with van der Waals surface area (Å²) < 4.78 is 8.65. The molecule has 0 fully saturated rings. The van der Waals surface area contributed by atoms with Crippen LogP contribution in [0.25, 0.3) is 0 Å². The van der Waals surface area contributed by atoms with Gasteiger partial charge < -0.3 is 12.3 Å². The average molecular weight is 302 g/mol. The van der Waals surface area contributed by atoms with E-state index in [0.29, 0.717) is 0 Å². The van der Waals surface area contributed by atoms with E-state index in [-0.39, 0.29) is 86.0 Å². The number of carbonyl (C=O) groups is 4. The SMILES string of the molecule is C=C(C)C(=O)OC(=O)CCC(=O)OC(=O)C(=C)C.[H-].[H-].[Na+].[Na+]. The Kier molecular flexibility index (Phi) is 15.5. The average Bonchev–Trinajstić information content (AvgIpc) is 2.25. The van der Waals surface area contributed by atoms with Crippen LogP contribution >= 0.6 is 0 Å². The van der Waals surface area contributed by atoms with Crippen LogP contribution in [0.3, 0.4) is 0 Å². The van der Waals surface area contributed by atoms with Gasteiger partial charge in [0.1, 0.15) is 0 Å². The Morgan fingerprint density at radius 1 is 0.800 bits per heavy atom. The minimum absolute atomic E-state index is 0. The molecule has 8 heteroatoms. The zero-order chi connectivity index (χ0) is 14.3. The molecule has 6 nitrogen and oxygen atoms in total. The zero-order valence-corrected chi connectivity index (χ0v) is 16.3. The molecule has 0 aliphatic carbocycles. The first-order valence-electron chi connectivity index (χ1n) is 5.05. The number of hydrogen-bond acceptors (Lipinski definition) is 6. The van der Waals surface area contributed by atoms with Crippen LogP contribution in [-0.4, -0.2) is 23.9 Å². The molecule has 0 rings (SSSR count). The first kappa shape index (κ1) is 24.8. The number of ether oxygens (including phenoxy) is 2. The molecule has 0 bridgehead atoms. The molecule has 0 radical (unpaired) electrons. The molecule has 0 unspecified atom stereocenters. The van der Waals surface area contributed by atoms with Gasteiger partial charge in [0.05, 0.1) is 12.8 Å². The van der Waals surface area contributed by atoms with Crippen molar-refractivity contribution in [3.63, 3.8) is 0 Å². The second-order valence-electron chi connectivity index (χ2n) is 3.58. The van der Waals surface area contributed by atoms with Gasteiger partial charge >= 0.3 is 83.0 Å². The maximum Gasteiger partial charge on any atom is 1.00 e. The summed E-state index contributed by atoms with van der Waals surface area (Å²) in [7, 11) is 0. The standard InChI is InChI=1S/C12H14O6.2Na.2H/c1-7(2)11(15)17-9(13)5-6-10(14)18-12(16)8(3)4;;;;/h1,3,5-6H2,2,4H3;;;;/q;2*+1;2*-1. The molecule has 0 saturated carbocycles. The fraction of sp³-hybridized carbons (Fsp3) is 0.333. The summed E-state index contributed by atoms with van der Waals surface area (Å²) in [6.07, 6.45) is -0.720. The number of esters is 4. The number of carbonyl (C=O) groups excluding carboxylic acids is 4. The van der Waals surface area contributed by atoms with Crippen LogP contribution < -0.4 is 59.1 Å². The summed E-state index contributed by atoms with van der Waals surface area (Å²) in [5.74, 6) is -3.48. The molecule has 0 heterocycles. The fourth-order valence-electron chi connectivity index (χ4n) is 0.687. The molecule has 0 atom stereocenters. The Hall–Kier alpha value is -0.240. The predicted octanol–water partition coefficient (Wildman–Crippen LogP) is -4.71. The van der Waals surface area contributed by atoms with Crippen molar-refractivity contribution in [2.45, 2.75) is 26.7 Å². The fourth-order valence-corrected chi connectivity index (χ4v) is 0.687. The van der Waals surface area contributed by atoms with Crippen LogP contribution in [0.5, 0.6) is 0 Å². The second-order valence-corrected chi connectivity index (χ2v) is 3.58. The van der Waals surface area contributed by atoms with Gasteiger partial charge in [-0.15, -0.1) is 0 Å². The topological polar surface area (TPSA) is 86.7 Å². The van der Waals surface area contributed by atoms with E-state index < -0.39 is 23.9 Å². The summed E-state index contributed by atoms with van der Waals surface area (Å²) in [6.45, 7) is 9.35. The van der Waals surface area contributed by atoms with Crippen molar-refractivity contribution >= 4 is 23.9 Å². The second kappa shape index (κ2) is 12.5. The van der Waals surface area contributed by atoms with Crippen LogP contribution in [0.15, 0.2) is 24.3 Å². The minimum atomic E-state index is -0.886. The molecule has 0 amide bonds. The smallest absolute Gasteiger partial charge is 1.00 e. The van der Waals surface area contributed by atoms with Crippen LogP contribution in [0.2, 0.25) is 0 Å². The molecule has 102 valence electrons. The Labute approximate surface area is 164 Å². The van der Waals surface area contributed by atoms with Crippen molar-refractivity contribution < 1.29 is 90.6 Å². The summed E-state index contributed by atoms with van der Waals surface area (Å²) in [4.78, 5) is 44.1. The van der Waals surface area contributed by atoms with E-state index in [4.69, 9.17) is 0 Å². The van der Waals surface area contributed by atoms with E-state index in [9.17, 15) is 19.2 Å². The third kappa shape index (κ3) is 11.6. The predicted molar refractivity (Wildman–Crippen MR) is 63.3 cm³/mol. The van der Waals surface area contributed by atoms with E-state index in [1.807, 2.05) is 0 Å². The van der Waals surface area contributed by atoms with E-state index in [2.05, 4.69) is 22.6 Å². The van der Waals surface area contributed by atoms with E-state index >= 15 is 0 Å². The Morgan fingerprint density at radius 2 is 1.05 bits per heavy atom. The van der Waals surface area contributed by atoms with Crippen LogP contribution in [-0.2, 0) is 28.7 Å². The van der Waals surface area contributed by atoms with Gasteiger partial charge in [0.15, 0.2) is 0 Å². The van der Waals surface area contributed by atoms with E-state index in [1.165, 1.54) is 13.8 Å². The van der Waals surface area contributed by atoms with Crippen molar-refractivity contribution in [2.75, 3.05) is 0 Å². The van der Waals surface area contributed by atoms with Gasteiger partial charge in [0, 0.05) is 11.1 Å². The van der Waals surface area contributed by atoms with Crippen LogP contribution in [0.1, 0.15) is 29.5 Å². The maximum absolute atomic E-state index is 11.1. The van der Waals surface area contributed by atoms with Gasteiger partial charge in [-0.1, -0.05) is 13.2 Å². The molecular formula is C12H16Na2O6. The molecule has 0 aliphatic rings. The summed E-state index contributed by atoms with van der Waals surface area (Å²) in [5, 5.41) is 0. The quantitative estimate of drug-likeness (QED) is 0.219. The molecule has 20 heavy (non-hydrogen) atoms. The first-order chi connectivity index (χ1) is 8.23. The van der Waals surface area contributed by atoms with Crippen molar-refractivity contribution in [2.24, 2.45) is 0 Å². The van der Waals surface area contributed by atoms with Gasteiger partial charge in [0.25, 0.3) is 0 Å². The largest absolute Gasteiger partial charge is 1.00 e. The molecule has 0 N–H and O–H groups in total. The van der Waals surface area contributed by atoms with Gasteiger partial charge in [-0.3, -0.25) is 9.59 Å². The Morgan fingerprint density at radius 3 is 1.25 bits per heavy atom. The molecule has 0 aliphatic heterocycles. The third-order valence-corrected chi connectivity index (χ3v) is 1.64. The minimum Gasteiger partial charge on any atom is -1.00 e. The molecule has 0 saturated heterocycles. The summed E-state index contributed by atoms with van der Waals surface area (Å²) in [6, 6.07) is 0. The summed E-state index contributed by atoms with van der Waals surface area (Å²) in [5.41, 5.74) is 0.145. The van der Waals surface area contributed by atoms with Crippen molar-refractivity contribution in [1.29, 1.82) is 0 Å². The maximum atomic E-state index is 11.1. The van der Waals surface area contributed by atoms with E-state index in [0.717, 1.165) is 0 Å². The molecule has 0 spiro atoms. The van der Waals surface area contributed by atoms with Crippen LogP contribution in [0.4, 0.5) is 0 Å². The van der Waals surface area contributed by atoms with Crippen LogP contribution in [0, 0.1) is 0 Å². The van der Waals surface area contributed by atoms with Crippen molar-refractivity contribution in [1.82, 2.24) is 0 Å². The Balaban J connectivity index is -0.000000241. The number of hydrogen-bond donors (Lipinski definition) is 0. The molecule has 0 aromatic carbocycles. The third-order valence-electron chi connectivity index (χ3n) is 1.64. The Bertz CT molecular complexity index is 397. The van der Waals surface area contributed by atoms with Gasteiger partial charge in [-0.05, 0) is 13.8 Å². The molecular weight excluding hydrogens is 286 g/mol. The van der Waals surface area contributed by atoms with Crippen molar-refractivity contribution in [3.8, 4) is 0 Å². The normalized spacial score (nSPS) is 8.30. The molecule has 0 aromatic rings. The molecule has 0 aromatic heterocycles. The number of rotatable bonds is 5.